The highest BCUT2D eigenvalue weighted by atomic mass is 19.4. The van der Waals surface area contributed by atoms with E-state index in [2.05, 4.69) is 20.6 Å². The van der Waals surface area contributed by atoms with Crippen LogP contribution < -0.4 is 15.5 Å². The molecule has 1 aromatic heterocycles. The number of nitrogens with zero attached hydrogens (tertiary/aromatic N) is 3. The third kappa shape index (κ3) is 5.40. The monoisotopic (exact) mass is 457 g/mol. The van der Waals surface area contributed by atoms with Crippen LogP contribution in [0.25, 0.3) is 11.1 Å². The maximum atomic E-state index is 12.8. The van der Waals surface area contributed by atoms with Gasteiger partial charge in [-0.3, -0.25) is 5.32 Å². The first kappa shape index (κ1) is 22.5. The molecule has 1 aliphatic heterocycles. The number of nitrogens with one attached hydrogen (secondary N) is 2. The summed E-state index contributed by atoms with van der Waals surface area (Å²) in [5, 5.41) is 14.9. The van der Waals surface area contributed by atoms with Crippen LogP contribution in [0.5, 0.6) is 0 Å². The Labute approximate surface area is 188 Å². The lowest BCUT2D eigenvalue weighted by Gasteiger charge is -2.23. The molecule has 172 valence electrons. The minimum atomic E-state index is -4.39. The zero-order chi connectivity index (χ0) is 23.4. The highest BCUT2D eigenvalue weighted by Gasteiger charge is 2.30. The maximum Gasteiger partial charge on any atom is 0.416 e. The van der Waals surface area contributed by atoms with Crippen LogP contribution in [0.1, 0.15) is 18.4 Å². The summed E-state index contributed by atoms with van der Waals surface area (Å²) in [6.07, 6.45) is -1.07. The topological polar surface area (TPSA) is 90.4 Å². The quantitative estimate of drug-likeness (QED) is 0.514. The van der Waals surface area contributed by atoms with Crippen LogP contribution >= 0.6 is 0 Å². The second kappa shape index (κ2) is 9.45. The molecule has 2 aromatic carbocycles. The third-order valence-electron chi connectivity index (χ3n) is 5.40. The van der Waals surface area contributed by atoms with Gasteiger partial charge in [0.15, 0.2) is 0 Å². The average molecular weight is 457 g/mol. The molecule has 3 aromatic rings. The summed E-state index contributed by atoms with van der Waals surface area (Å²) in [5.41, 5.74) is 1.01. The molecule has 33 heavy (non-hydrogen) atoms. The minimum Gasteiger partial charge on any atom is -0.394 e. The van der Waals surface area contributed by atoms with E-state index < -0.39 is 17.8 Å². The lowest BCUT2D eigenvalue weighted by Crippen LogP contribution is -2.33. The number of aromatic nitrogens is 2. The van der Waals surface area contributed by atoms with Gasteiger partial charge in [0.25, 0.3) is 0 Å². The number of amides is 2. The Kier molecular flexibility index (Phi) is 6.45. The number of urea groups is 1. The van der Waals surface area contributed by atoms with Crippen molar-refractivity contribution in [2.75, 3.05) is 28.7 Å². The van der Waals surface area contributed by atoms with Crippen molar-refractivity contribution < 1.29 is 23.1 Å². The van der Waals surface area contributed by atoms with Crippen molar-refractivity contribution in [2.45, 2.75) is 25.1 Å². The van der Waals surface area contributed by atoms with Gasteiger partial charge < -0.3 is 15.3 Å². The number of aliphatic hydroxyl groups is 1. The molecule has 10 heteroatoms. The van der Waals surface area contributed by atoms with Gasteiger partial charge in [-0.25, -0.2) is 9.78 Å². The average Bonchev–Trinajstić information content (AvgIpc) is 3.28. The first-order valence-corrected chi connectivity index (χ1v) is 10.4. The zero-order valence-electron chi connectivity index (χ0n) is 17.5. The standard InChI is InChI=1S/C23H22F3N5O2/c24-23(25,26)17-8-6-15(7-9-17)16-3-1-4-18(13-16)28-22(33)30-20-10-11-27-21(29-20)31-12-2-5-19(31)14-32/h1,3-4,6-11,13,19,32H,2,5,12,14H2,(H2,27,28,29,30,33). The van der Waals surface area contributed by atoms with E-state index in [9.17, 15) is 23.1 Å². The highest BCUT2D eigenvalue weighted by molar-refractivity contribution is 5.99. The van der Waals surface area contributed by atoms with E-state index >= 15 is 0 Å². The Balaban J connectivity index is 1.43. The molecule has 7 nitrogen and oxygen atoms in total. The van der Waals surface area contributed by atoms with E-state index in [1.807, 2.05) is 4.90 Å². The van der Waals surface area contributed by atoms with E-state index in [0.29, 0.717) is 28.6 Å². The van der Waals surface area contributed by atoms with Crippen molar-refractivity contribution in [3.8, 4) is 11.1 Å². The van der Waals surface area contributed by atoms with Gasteiger partial charge >= 0.3 is 12.2 Å². The molecule has 0 bridgehead atoms. The lowest BCUT2D eigenvalue weighted by atomic mass is 10.0. The second-order valence-electron chi connectivity index (χ2n) is 7.65. The van der Waals surface area contributed by atoms with Crippen LogP contribution in [0, 0.1) is 0 Å². The van der Waals surface area contributed by atoms with Gasteiger partial charge in [-0.1, -0.05) is 24.3 Å². The van der Waals surface area contributed by atoms with Gasteiger partial charge in [-0.05, 0) is 54.3 Å². The molecule has 3 N–H and O–H groups in total. The molecule has 4 rings (SSSR count). The minimum absolute atomic E-state index is 0.0107. The molecule has 1 aliphatic rings. The summed E-state index contributed by atoms with van der Waals surface area (Å²) in [7, 11) is 0. The number of halogens is 3. The van der Waals surface area contributed by atoms with Crippen molar-refractivity contribution in [1.29, 1.82) is 0 Å². The molecule has 2 heterocycles. The van der Waals surface area contributed by atoms with Gasteiger partial charge in [0.2, 0.25) is 5.95 Å². The van der Waals surface area contributed by atoms with Crippen LogP contribution in [0.4, 0.5) is 35.4 Å². The number of anilines is 3. The SMILES string of the molecule is O=C(Nc1cccc(-c2ccc(C(F)(F)F)cc2)c1)Nc1ccnc(N2CCCC2CO)n1. The fraction of sp³-hybridized carbons (Fsp3) is 0.261. The van der Waals surface area contributed by atoms with Crippen molar-refractivity contribution >= 4 is 23.5 Å². The second-order valence-corrected chi connectivity index (χ2v) is 7.65. The number of alkyl halides is 3. The molecule has 1 unspecified atom stereocenters. The first-order chi connectivity index (χ1) is 15.8. The summed E-state index contributed by atoms with van der Waals surface area (Å²) in [6, 6.07) is 12.6. The normalized spacial score (nSPS) is 16.0. The van der Waals surface area contributed by atoms with Gasteiger partial charge in [0.05, 0.1) is 18.2 Å². The molecular formula is C23H22F3N5O2. The predicted octanol–water partition coefficient (Wildman–Crippen LogP) is 4.77. The van der Waals surface area contributed by atoms with Crippen LogP contribution in [0.2, 0.25) is 0 Å². The summed E-state index contributed by atoms with van der Waals surface area (Å²) < 4.78 is 38.3. The van der Waals surface area contributed by atoms with Gasteiger partial charge in [0, 0.05) is 18.4 Å². The fourth-order valence-electron chi connectivity index (χ4n) is 3.75. The Bertz CT molecular complexity index is 1120. The molecule has 1 atom stereocenters. The van der Waals surface area contributed by atoms with Crippen molar-refractivity contribution in [1.82, 2.24) is 9.97 Å². The number of hydrogen-bond donors (Lipinski definition) is 3. The Morgan fingerprint density at radius 1 is 1.09 bits per heavy atom. The van der Waals surface area contributed by atoms with E-state index in [4.69, 9.17) is 0 Å². The third-order valence-corrected chi connectivity index (χ3v) is 5.40. The van der Waals surface area contributed by atoms with Gasteiger partial charge in [-0.15, -0.1) is 0 Å². The van der Waals surface area contributed by atoms with Crippen molar-refractivity contribution in [2.24, 2.45) is 0 Å². The van der Waals surface area contributed by atoms with Crippen molar-refractivity contribution in [3.63, 3.8) is 0 Å². The van der Waals surface area contributed by atoms with Crippen molar-refractivity contribution in [3.05, 3.63) is 66.4 Å². The number of hydrogen-bond acceptors (Lipinski definition) is 5. The fourth-order valence-corrected chi connectivity index (χ4v) is 3.75. The number of aliphatic hydroxyl groups excluding tert-OH is 1. The molecule has 0 radical (unpaired) electrons. The van der Waals surface area contributed by atoms with Crippen LogP contribution in [0.3, 0.4) is 0 Å². The number of carbonyl (C=O) groups is 1. The summed E-state index contributed by atoms with van der Waals surface area (Å²) in [6.45, 7) is 0.744. The number of rotatable bonds is 5. The summed E-state index contributed by atoms with van der Waals surface area (Å²) >= 11 is 0. The van der Waals surface area contributed by atoms with Crippen LogP contribution in [-0.4, -0.2) is 40.3 Å². The Hall–Kier alpha value is -3.66. The predicted molar refractivity (Wildman–Crippen MR) is 119 cm³/mol. The van der Waals surface area contributed by atoms with E-state index in [0.717, 1.165) is 31.5 Å². The molecule has 1 saturated heterocycles. The van der Waals surface area contributed by atoms with Gasteiger partial charge in [0.1, 0.15) is 5.82 Å². The highest BCUT2D eigenvalue weighted by Crippen LogP contribution is 2.31. The van der Waals surface area contributed by atoms with E-state index in [-0.39, 0.29) is 12.6 Å². The number of carbonyl (C=O) groups excluding carboxylic acids is 1. The van der Waals surface area contributed by atoms with E-state index in [1.165, 1.54) is 18.3 Å². The molecular weight excluding hydrogens is 435 g/mol. The van der Waals surface area contributed by atoms with Gasteiger partial charge in [-0.2, -0.15) is 18.2 Å². The molecule has 1 fully saturated rings. The first-order valence-electron chi connectivity index (χ1n) is 10.4. The van der Waals surface area contributed by atoms with E-state index in [1.54, 1.807) is 30.3 Å². The largest absolute Gasteiger partial charge is 0.416 e. The molecule has 0 aliphatic carbocycles. The zero-order valence-corrected chi connectivity index (χ0v) is 17.5. The molecule has 0 saturated carbocycles. The summed E-state index contributed by atoms with van der Waals surface area (Å²) in [4.78, 5) is 23.0. The molecule has 2 amide bonds. The Morgan fingerprint density at radius 3 is 2.61 bits per heavy atom. The Morgan fingerprint density at radius 2 is 1.88 bits per heavy atom. The number of benzene rings is 2. The summed E-state index contributed by atoms with van der Waals surface area (Å²) in [5.74, 6) is 0.744. The van der Waals surface area contributed by atoms with Crippen LogP contribution in [0.15, 0.2) is 60.8 Å². The maximum absolute atomic E-state index is 12.8. The smallest absolute Gasteiger partial charge is 0.394 e. The molecule has 0 spiro atoms. The van der Waals surface area contributed by atoms with Crippen LogP contribution in [-0.2, 0) is 6.18 Å². The lowest BCUT2D eigenvalue weighted by molar-refractivity contribution is -0.137.